The Labute approximate surface area is 94.4 Å². The van der Waals surface area contributed by atoms with E-state index in [4.69, 9.17) is 15.4 Å². The van der Waals surface area contributed by atoms with Crippen molar-refractivity contribution < 1.29 is 14.6 Å². The van der Waals surface area contributed by atoms with Crippen LogP contribution in [0.2, 0.25) is 0 Å². The lowest BCUT2D eigenvalue weighted by Crippen LogP contribution is -2.27. The average Bonchev–Trinajstić information content (AvgIpc) is 2.28. The molecule has 7 nitrogen and oxygen atoms in total. The van der Waals surface area contributed by atoms with Crippen LogP contribution in [0.25, 0.3) is 10.4 Å². The van der Waals surface area contributed by atoms with Gasteiger partial charge in [-0.2, -0.15) is 0 Å². The van der Waals surface area contributed by atoms with Crippen molar-refractivity contribution in [1.29, 1.82) is 0 Å². The Balaban J connectivity index is 3.21. The van der Waals surface area contributed by atoms with Crippen LogP contribution in [0.15, 0.2) is 5.11 Å². The molecule has 0 rings (SSSR count). The lowest BCUT2D eigenvalue weighted by molar-refractivity contribution is -0.121. The van der Waals surface area contributed by atoms with Crippen LogP contribution in [0, 0.1) is 0 Å². The van der Waals surface area contributed by atoms with Gasteiger partial charge in [-0.05, 0) is 18.4 Å². The van der Waals surface area contributed by atoms with Crippen molar-refractivity contribution in [3.05, 3.63) is 10.4 Å². The molecule has 0 atom stereocenters. The molecule has 1 amide bonds. The second-order valence-corrected chi connectivity index (χ2v) is 3.10. The SMILES string of the molecule is [N-]=[N+]=NCCCCC(=O)NCCOCCO. The first kappa shape index (κ1) is 14.7. The standard InChI is InChI=1S/C9H18N4O3/c10-13-12-4-2-1-3-9(15)11-5-7-16-8-6-14/h14H,1-8H2,(H,11,15). The first-order chi connectivity index (χ1) is 7.81. The van der Waals surface area contributed by atoms with E-state index in [9.17, 15) is 4.79 Å². The quantitative estimate of drug-likeness (QED) is 0.248. The number of amides is 1. The molecular weight excluding hydrogens is 212 g/mol. The number of ether oxygens (including phenoxy) is 1. The fourth-order valence-electron chi connectivity index (χ4n) is 1.03. The number of nitrogens with zero attached hydrogens (tertiary/aromatic N) is 3. The minimum atomic E-state index is -0.0338. The Morgan fingerprint density at radius 1 is 1.44 bits per heavy atom. The number of carbonyl (C=O) groups excluding carboxylic acids is 1. The van der Waals surface area contributed by atoms with Gasteiger partial charge in [-0.3, -0.25) is 4.79 Å². The third kappa shape index (κ3) is 10.8. The molecule has 0 aliphatic rings. The highest BCUT2D eigenvalue weighted by Crippen LogP contribution is 1.95. The third-order valence-electron chi connectivity index (χ3n) is 1.78. The molecule has 0 aromatic rings. The summed E-state index contributed by atoms with van der Waals surface area (Å²) >= 11 is 0. The van der Waals surface area contributed by atoms with Crippen molar-refractivity contribution in [1.82, 2.24) is 5.32 Å². The minimum Gasteiger partial charge on any atom is -0.394 e. The van der Waals surface area contributed by atoms with Crippen LogP contribution in [-0.2, 0) is 9.53 Å². The van der Waals surface area contributed by atoms with Crippen molar-refractivity contribution in [2.75, 3.05) is 32.9 Å². The molecule has 92 valence electrons. The van der Waals surface area contributed by atoms with Gasteiger partial charge in [0.2, 0.25) is 5.91 Å². The molecule has 2 N–H and O–H groups in total. The zero-order valence-electron chi connectivity index (χ0n) is 9.26. The minimum absolute atomic E-state index is 0.00659. The molecule has 0 saturated heterocycles. The van der Waals surface area contributed by atoms with Crippen molar-refractivity contribution in [2.45, 2.75) is 19.3 Å². The second kappa shape index (κ2) is 11.8. The van der Waals surface area contributed by atoms with Crippen molar-refractivity contribution in [3.8, 4) is 0 Å². The molecule has 0 aromatic carbocycles. The molecule has 7 heteroatoms. The van der Waals surface area contributed by atoms with E-state index in [2.05, 4.69) is 15.3 Å². The zero-order valence-corrected chi connectivity index (χ0v) is 9.26. The first-order valence-corrected chi connectivity index (χ1v) is 5.27. The smallest absolute Gasteiger partial charge is 0.220 e. The molecule has 0 fully saturated rings. The van der Waals surface area contributed by atoms with Gasteiger partial charge >= 0.3 is 0 Å². The number of hydrogen-bond acceptors (Lipinski definition) is 4. The summed E-state index contributed by atoms with van der Waals surface area (Å²) in [5.74, 6) is -0.0338. The van der Waals surface area contributed by atoms with Gasteiger partial charge in [0.15, 0.2) is 0 Å². The molecule has 0 aromatic heterocycles. The van der Waals surface area contributed by atoms with Crippen LogP contribution >= 0.6 is 0 Å². The van der Waals surface area contributed by atoms with E-state index < -0.39 is 0 Å². The monoisotopic (exact) mass is 230 g/mol. The number of rotatable bonds is 10. The summed E-state index contributed by atoms with van der Waals surface area (Å²) in [6.07, 6.45) is 1.86. The maximum absolute atomic E-state index is 11.2. The van der Waals surface area contributed by atoms with Crippen LogP contribution in [-0.4, -0.2) is 43.9 Å². The summed E-state index contributed by atoms with van der Waals surface area (Å²) in [6.45, 7) is 1.58. The Hall–Kier alpha value is -1.30. The van der Waals surface area contributed by atoms with Gasteiger partial charge in [0, 0.05) is 24.4 Å². The predicted octanol–water partition coefficient (Wildman–Crippen LogP) is 0.592. The average molecular weight is 230 g/mol. The highest BCUT2D eigenvalue weighted by molar-refractivity contribution is 5.75. The van der Waals surface area contributed by atoms with E-state index in [1.54, 1.807) is 0 Å². The highest BCUT2D eigenvalue weighted by Gasteiger charge is 1.99. The van der Waals surface area contributed by atoms with E-state index >= 15 is 0 Å². The maximum atomic E-state index is 11.2. The normalized spacial score (nSPS) is 9.56. The van der Waals surface area contributed by atoms with Crippen molar-refractivity contribution in [3.63, 3.8) is 0 Å². The molecule has 0 aliphatic heterocycles. The molecule has 0 bridgehead atoms. The molecule has 0 unspecified atom stereocenters. The lowest BCUT2D eigenvalue weighted by Gasteiger charge is -2.04. The number of hydrogen-bond donors (Lipinski definition) is 2. The Morgan fingerprint density at radius 2 is 2.25 bits per heavy atom. The Bertz CT molecular complexity index is 229. The number of unbranched alkanes of at least 4 members (excludes halogenated alkanes) is 1. The summed E-state index contributed by atoms with van der Waals surface area (Å²) in [5, 5.41) is 14.5. The van der Waals surface area contributed by atoms with Crippen LogP contribution in [0.4, 0.5) is 0 Å². The van der Waals surface area contributed by atoms with E-state index in [1.807, 2.05) is 0 Å². The Morgan fingerprint density at radius 3 is 2.94 bits per heavy atom. The van der Waals surface area contributed by atoms with Gasteiger partial charge in [0.1, 0.15) is 0 Å². The Kier molecular flexibility index (Phi) is 10.8. The van der Waals surface area contributed by atoms with E-state index in [0.717, 1.165) is 6.42 Å². The van der Waals surface area contributed by atoms with E-state index in [1.165, 1.54) is 0 Å². The van der Waals surface area contributed by atoms with Gasteiger partial charge in [0.05, 0.1) is 19.8 Å². The molecule has 0 heterocycles. The fraction of sp³-hybridized carbons (Fsp3) is 0.889. The fourth-order valence-corrected chi connectivity index (χ4v) is 1.03. The van der Waals surface area contributed by atoms with Crippen LogP contribution in [0.3, 0.4) is 0 Å². The lowest BCUT2D eigenvalue weighted by atomic mass is 10.2. The third-order valence-corrected chi connectivity index (χ3v) is 1.78. The topological polar surface area (TPSA) is 107 Å². The number of aliphatic hydroxyl groups excluding tert-OH is 1. The summed E-state index contributed by atoms with van der Waals surface area (Å²) < 4.78 is 4.97. The van der Waals surface area contributed by atoms with Crippen LogP contribution in [0.5, 0.6) is 0 Å². The zero-order chi connectivity index (χ0) is 12.1. The van der Waals surface area contributed by atoms with Gasteiger partial charge in [0.25, 0.3) is 0 Å². The molecule has 0 aliphatic carbocycles. The number of aliphatic hydroxyl groups is 1. The highest BCUT2D eigenvalue weighted by atomic mass is 16.5. The molecule has 16 heavy (non-hydrogen) atoms. The number of carbonyl (C=O) groups is 1. The molecule has 0 radical (unpaired) electrons. The second-order valence-electron chi connectivity index (χ2n) is 3.10. The van der Waals surface area contributed by atoms with Gasteiger partial charge < -0.3 is 15.2 Å². The molecule has 0 spiro atoms. The van der Waals surface area contributed by atoms with Gasteiger partial charge in [-0.25, -0.2) is 0 Å². The largest absolute Gasteiger partial charge is 0.394 e. The van der Waals surface area contributed by atoms with Gasteiger partial charge in [-0.1, -0.05) is 5.11 Å². The van der Waals surface area contributed by atoms with Crippen LogP contribution < -0.4 is 5.32 Å². The van der Waals surface area contributed by atoms with Crippen LogP contribution in [0.1, 0.15) is 19.3 Å². The summed E-state index contributed by atoms with van der Waals surface area (Å²) in [4.78, 5) is 13.8. The first-order valence-electron chi connectivity index (χ1n) is 5.27. The summed E-state index contributed by atoms with van der Waals surface area (Å²) in [5.41, 5.74) is 8.01. The number of azide groups is 1. The van der Waals surface area contributed by atoms with E-state index in [0.29, 0.717) is 39.1 Å². The summed E-state index contributed by atoms with van der Waals surface area (Å²) in [7, 11) is 0. The molecular formula is C9H18N4O3. The van der Waals surface area contributed by atoms with Crippen molar-refractivity contribution >= 4 is 5.91 Å². The molecule has 0 saturated carbocycles. The summed E-state index contributed by atoms with van der Waals surface area (Å²) in [6, 6.07) is 0. The van der Waals surface area contributed by atoms with Gasteiger partial charge in [-0.15, -0.1) is 0 Å². The van der Waals surface area contributed by atoms with Crippen molar-refractivity contribution in [2.24, 2.45) is 5.11 Å². The number of nitrogens with one attached hydrogen (secondary N) is 1. The van der Waals surface area contributed by atoms with E-state index in [-0.39, 0.29) is 12.5 Å². The predicted molar refractivity (Wildman–Crippen MR) is 58.8 cm³/mol. The maximum Gasteiger partial charge on any atom is 0.220 e.